The number of nitrogens with zero attached hydrogens (tertiary/aromatic N) is 3. The topological polar surface area (TPSA) is 41.0 Å². The zero-order valence-electron chi connectivity index (χ0n) is 9.91. The molecule has 96 valence electrons. The molecule has 1 aromatic heterocycles. The quantitative estimate of drug-likeness (QED) is 0.883. The molecular formula is C10H15F3N4. The Hall–Kier alpha value is -1.37. The number of rotatable bonds is 4. The van der Waals surface area contributed by atoms with Gasteiger partial charge in [-0.2, -0.15) is 13.2 Å². The summed E-state index contributed by atoms with van der Waals surface area (Å²) in [4.78, 5) is 9.11. The summed E-state index contributed by atoms with van der Waals surface area (Å²) >= 11 is 0. The number of alkyl halides is 3. The molecule has 1 aromatic rings. The van der Waals surface area contributed by atoms with Crippen LogP contribution in [0.2, 0.25) is 0 Å². The van der Waals surface area contributed by atoms with E-state index in [4.69, 9.17) is 0 Å². The molecule has 7 heteroatoms. The van der Waals surface area contributed by atoms with Gasteiger partial charge in [0.05, 0.1) is 0 Å². The van der Waals surface area contributed by atoms with Crippen LogP contribution in [0.3, 0.4) is 0 Å². The summed E-state index contributed by atoms with van der Waals surface area (Å²) in [7, 11) is 3.76. The van der Waals surface area contributed by atoms with Crippen LogP contribution in [0, 0.1) is 0 Å². The number of likely N-dealkylation sites (N-methyl/N-ethyl adjacent to an activating group) is 1. The number of aromatic nitrogens is 2. The van der Waals surface area contributed by atoms with E-state index in [1.807, 2.05) is 25.9 Å². The van der Waals surface area contributed by atoms with Gasteiger partial charge >= 0.3 is 6.18 Å². The Morgan fingerprint density at radius 2 is 2.06 bits per heavy atom. The third-order valence-electron chi connectivity index (χ3n) is 1.96. The summed E-state index contributed by atoms with van der Waals surface area (Å²) in [6.45, 7) is 2.53. The SMILES string of the molecule is CC(CN(C)C)Nc1nccc(C(F)(F)F)n1. The van der Waals surface area contributed by atoms with Gasteiger partial charge in [0, 0.05) is 18.8 Å². The van der Waals surface area contributed by atoms with Gasteiger partial charge in [-0.3, -0.25) is 0 Å². The van der Waals surface area contributed by atoms with Crippen LogP contribution in [0.25, 0.3) is 0 Å². The highest BCUT2D eigenvalue weighted by Crippen LogP contribution is 2.27. The lowest BCUT2D eigenvalue weighted by Crippen LogP contribution is -2.30. The molecule has 1 rings (SSSR count). The molecule has 4 nitrogen and oxygen atoms in total. The summed E-state index contributed by atoms with van der Waals surface area (Å²) < 4.78 is 37.2. The van der Waals surface area contributed by atoms with Crippen molar-refractivity contribution in [2.75, 3.05) is 26.0 Å². The van der Waals surface area contributed by atoms with Crippen LogP contribution in [0.1, 0.15) is 12.6 Å². The number of nitrogens with one attached hydrogen (secondary N) is 1. The molecule has 0 radical (unpaired) electrons. The van der Waals surface area contributed by atoms with E-state index in [1.165, 1.54) is 0 Å². The van der Waals surface area contributed by atoms with E-state index in [0.717, 1.165) is 12.3 Å². The minimum Gasteiger partial charge on any atom is -0.350 e. The number of halogens is 3. The molecule has 17 heavy (non-hydrogen) atoms. The largest absolute Gasteiger partial charge is 0.433 e. The van der Waals surface area contributed by atoms with Crippen molar-refractivity contribution in [1.82, 2.24) is 14.9 Å². The van der Waals surface area contributed by atoms with E-state index in [1.54, 1.807) is 0 Å². The van der Waals surface area contributed by atoms with Crippen LogP contribution in [0.4, 0.5) is 19.1 Å². The molecule has 0 aliphatic heterocycles. The van der Waals surface area contributed by atoms with E-state index in [0.29, 0.717) is 6.54 Å². The Morgan fingerprint density at radius 1 is 1.41 bits per heavy atom. The summed E-state index contributed by atoms with van der Waals surface area (Å²) in [6.07, 6.45) is -3.34. The highest BCUT2D eigenvalue weighted by atomic mass is 19.4. The first-order chi connectivity index (χ1) is 7.79. The fourth-order valence-corrected chi connectivity index (χ4v) is 1.40. The third-order valence-corrected chi connectivity index (χ3v) is 1.96. The second-order valence-corrected chi connectivity index (χ2v) is 4.07. The lowest BCUT2D eigenvalue weighted by Gasteiger charge is -2.18. The minimum absolute atomic E-state index is 0.00539. The number of hydrogen-bond donors (Lipinski definition) is 1. The van der Waals surface area contributed by atoms with Crippen LogP contribution in [-0.2, 0) is 6.18 Å². The molecule has 1 N–H and O–H groups in total. The second-order valence-electron chi connectivity index (χ2n) is 4.07. The van der Waals surface area contributed by atoms with Crippen LogP contribution in [0.5, 0.6) is 0 Å². The molecule has 0 amide bonds. The Kier molecular flexibility index (Phi) is 4.28. The average Bonchev–Trinajstić information content (AvgIpc) is 2.15. The lowest BCUT2D eigenvalue weighted by atomic mass is 10.3. The standard InChI is InChI=1S/C10H15F3N4/c1-7(6-17(2)3)15-9-14-5-4-8(16-9)10(11,12)13/h4-5,7H,6H2,1-3H3,(H,14,15,16). The van der Waals surface area contributed by atoms with Crippen molar-refractivity contribution >= 4 is 5.95 Å². The highest BCUT2D eigenvalue weighted by molar-refractivity contribution is 5.27. The molecule has 0 aromatic carbocycles. The highest BCUT2D eigenvalue weighted by Gasteiger charge is 2.32. The van der Waals surface area contributed by atoms with Gasteiger partial charge in [0.1, 0.15) is 5.69 Å². The van der Waals surface area contributed by atoms with Crippen molar-refractivity contribution in [2.45, 2.75) is 19.1 Å². The Morgan fingerprint density at radius 3 is 2.59 bits per heavy atom. The maximum Gasteiger partial charge on any atom is 0.433 e. The maximum atomic E-state index is 12.4. The molecule has 0 aliphatic carbocycles. The van der Waals surface area contributed by atoms with Gasteiger partial charge < -0.3 is 10.2 Å². The van der Waals surface area contributed by atoms with Crippen molar-refractivity contribution in [3.05, 3.63) is 18.0 Å². The minimum atomic E-state index is -4.44. The molecule has 1 atom stereocenters. The molecule has 0 aliphatic rings. The molecule has 0 bridgehead atoms. The Balaban J connectivity index is 2.72. The molecule has 1 unspecified atom stereocenters. The predicted molar refractivity (Wildman–Crippen MR) is 58.7 cm³/mol. The lowest BCUT2D eigenvalue weighted by molar-refractivity contribution is -0.141. The molecule has 0 fully saturated rings. The van der Waals surface area contributed by atoms with Crippen LogP contribution < -0.4 is 5.32 Å². The monoisotopic (exact) mass is 248 g/mol. The zero-order chi connectivity index (χ0) is 13.1. The van der Waals surface area contributed by atoms with Crippen molar-refractivity contribution in [3.63, 3.8) is 0 Å². The maximum absolute atomic E-state index is 12.4. The predicted octanol–water partition coefficient (Wildman–Crippen LogP) is 1.86. The van der Waals surface area contributed by atoms with Gasteiger partial charge in [-0.25, -0.2) is 9.97 Å². The van der Waals surface area contributed by atoms with E-state index >= 15 is 0 Å². The zero-order valence-corrected chi connectivity index (χ0v) is 9.91. The van der Waals surface area contributed by atoms with Gasteiger partial charge in [-0.15, -0.1) is 0 Å². The van der Waals surface area contributed by atoms with Gasteiger partial charge in [0.15, 0.2) is 0 Å². The first kappa shape index (κ1) is 13.7. The normalized spacial score (nSPS) is 13.8. The molecule has 1 heterocycles. The fourth-order valence-electron chi connectivity index (χ4n) is 1.40. The van der Waals surface area contributed by atoms with Crippen molar-refractivity contribution in [2.24, 2.45) is 0 Å². The molecule has 0 saturated carbocycles. The Labute approximate surface area is 97.9 Å². The first-order valence-electron chi connectivity index (χ1n) is 5.10. The van der Waals surface area contributed by atoms with E-state index < -0.39 is 11.9 Å². The summed E-state index contributed by atoms with van der Waals surface area (Å²) in [6, 6.07) is 0.815. The number of anilines is 1. The van der Waals surface area contributed by atoms with E-state index in [2.05, 4.69) is 15.3 Å². The van der Waals surface area contributed by atoms with Gasteiger partial charge in [-0.1, -0.05) is 0 Å². The summed E-state index contributed by atoms with van der Waals surface area (Å²) in [5, 5.41) is 2.82. The van der Waals surface area contributed by atoms with Crippen LogP contribution >= 0.6 is 0 Å². The Bertz CT molecular complexity index is 365. The smallest absolute Gasteiger partial charge is 0.350 e. The van der Waals surface area contributed by atoms with E-state index in [-0.39, 0.29) is 12.0 Å². The summed E-state index contributed by atoms with van der Waals surface area (Å²) in [5.74, 6) is -0.00539. The van der Waals surface area contributed by atoms with Crippen LogP contribution in [-0.4, -0.2) is 41.5 Å². The van der Waals surface area contributed by atoms with Gasteiger partial charge in [0.2, 0.25) is 5.95 Å². The van der Waals surface area contributed by atoms with Crippen molar-refractivity contribution in [1.29, 1.82) is 0 Å². The van der Waals surface area contributed by atoms with Crippen LogP contribution in [0.15, 0.2) is 12.3 Å². The molecular weight excluding hydrogens is 233 g/mol. The van der Waals surface area contributed by atoms with Gasteiger partial charge in [-0.05, 0) is 27.1 Å². The molecule has 0 saturated heterocycles. The van der Waals surface area contributed by atoms with E-state index in [9.17, 15) is 13.2 Å². The third kappa shape index (κ3) is 4.56. The first-order valence-corrected chi connectivity index (χ1v) is 5.10. The summed E-state index contributed by atoms with van der Waals surface area (Å²) in [5.41, 5.74) is -0.938. The number of hydrogen-bond acceptors (Lipinski definition) is 4. The van der Waals surface area contributed by atoms with Crippen molar-refractivity contribution < 1.29 is 13.2 Å². The van der Waals surface area contributed by atoms with Gasteiger partial charge in [0.25, 0.3) is 0 Å². The van der Waals surface area contributed by atoms with Crippen molar-refractivity contribution in [3.8, 4) is 0 Å². The fraction of sp³-hybridized carbons (Fsp3) is 0.600. The molecule has 0 spiro atoms. The second kappa shape index (κ2) is 5.31. The average molecular weight is 248 g/mol.